The van der Waals surface area contributed by atoms with E-state index in [1.165, 1.54) is 49.0 Å². The highest BCUT2D eigenvalue weighted by Gasteiger charge is 2.35. The Balaban J connectivity index is 1.70. The van der Waals surface area contributed by atoms with Crippen LogP contribution in [0, 0.1) is 5.92 Å². The number of phenolic OH excluding ortho intramolecular Hbond substituents is 1. The standard InChI is InChI=1S/C19H27N5O/c1-14-10-12-23(13-11-14)18(15-6-8-17(25)9-7-15)19-20-21-22-24(19)16-4-2-3-5-16/h6-9,14,16,18,25H,2-5,10-13H2,1H3/p+1/t18-/m1/s1. The predicted octanol–water partition coefficient (Wildman–Crippen LogP) is 1.90. The van der Waals surface area contributed by atoms with Gasteiger partial charge in [-0.2, -0.15) is 0 Å². The molecule has 1 aliphatic heterocycles. The van der Waals surface area contributed by atoms with Crippen LogP contribution in [-0.4, -0.2) is 38.4 Å². The Labute approximate surface area is 148 Å². The molecule has 1 aromatic carbocycles. The van der Waals surface area contributed by atoms with E-state index >= 15 is 0 Å². The van der Waals surface area contributed by atoms with Crippen LogP contribution in [0.25, 0.3) is 0 Å². The minimum Gasteiger partial charge on any atom is -0.508 e. The summed E-state index contributed by atoms with van der Waals surface area (Å²) in [4.78, 5) is 1.54. The average Bonchev–Trinajstić information content (AvgIpc) is 3.30. The number of hydrogen-bond donors (Lipinski definition) is 2. The van der Waals surface area contributed by atoms with Gasteiger partial charge in [0.05, 0.1) is 19.1 Å². The van der Waals surface area contributed by atoms with E-state index in [2.05, 4.69) is 27.1 Å². The molecule has 1 atom stereocenters. The van der Waals surface area contributed by atoms with Crippen LogP contribution in [0.15, 0.2) is 24.3 Å². The van der Waals surface area contributed by atoms with Crippen molar-refractivity contribution in [2.24, 2.45) is 5.92 Å². The number of rotatable bonds is 4. The van der Waals surface area contributed by atoms with Crippen molar-refractivity contribution in [3.8, 4) is 5.75 Å². The third-order valence-electron chi connectivity index (χ3n) is 6.00. The quantitative estimate of drug-likeness (QED) is 0.890. The van der Waals surface area contributed by atoms with E-state index in [-0.39, 0.29) is 6.04 Å². The number of quaternary nitrogens is 1. The van der Waals surface area contributed by atoms with Crippen LogP contribution in [0.5, 0.6) is 5.75 Å². The van der Waals surface area contributed by atoms with Crippen LogP contribution in [-0.2, 0) is 0 Å². The molecule has 0 radical (unpaired) electrons. The molecule has 134 valence electrons. The zero-order valence-corrected chi connectivity index (χ0v) is 14.9. The highest BCUT2D eigenvalue weighted by molar-refractivity contribution is 5.29. The minimum absolute atomic E-state index is 0.142. The van der Waals surface area contributed by atoms with Crippen molar-refractivity contribution in [2.75, 3.05) is 13.1 Å². The van der Waals surface area contributed by atoms with Crippen molar-refractivity contribution in [1.29, 1.82) is 0 Å². The zero-order valence-electron chi connectivity index (χ0n) is 14.9. The maximum absolute atomic E-state index is 9.69. The fourth-order valence-corrected chi connectivity index (χ4v) is 4.46. The third-order valence-corrected chi connectivity index (χ3v) is 6.00. The van der Waals surface area contributed by atoms with Gasteiger partial charge in [-0.15, -0.1) is 5.10 Å². The van der Waals surface area contributed by atoms with Crippen LogP contribution in [0.4, 0.5) is 0 Å². The van der Waals surface area contributed by atoms with Crippen molar-refractivity contribution in [1.82, 2.24) is 20.2 Å². The van der Waals surface area contributed by atoms with Crippen molar-refractivity contribution < 1.29 is 10.0 Å². The Kier molecular flexibility index (Phi) is 4.70. The maximum atomic E-state index is 9.69. The summed E-state index contributed by atoms with van der Waals surface area (Å²) in [5, 5.41) is 22.6. The summed E-state index contributed by atoms with van der Waals surface area (Å²) in [7, 11) is 0. The fourth-order valence-electron chi connectivity index (χ4n) is 4.46. The summed E-state index contributed by atoms with van der Waals surface area (Å²) in [5.74, 6) is 2.09. The Morgan fingerprint density at radius 2 is 1.76 bits per heavy atom. The van der Waals surface area contributed by atoms with Gasteiger partial charge in [0, 0.05) is 5.56 Å². The van der Waals surface area contributed by atoms with Gasteiger partial charge in [0.1, 0.15) is 5.75 Å². The van der Waals surface area contributed by atoms with E-state index in [1.807, 2.05) is 12.1 Å². The Morgan fingerprint density at radius 3 is 2.44 bits per heavy atom. The zero-order chi connectivity index (χ0) is 17.2. The first-order valence-corrected chi connectivity index (χ1v) is 9.63. The molecule has 2 fully saturated rings. The number of aromatic hydroxyl groups is 1. The van der Waals surface area contributed by atoms with E-state index in [9.17, 15) is 5.11 Å². The van der Waals surface area contributed by atoms with E-state index in [1.54, 1.807) is 12.1 Å². The molecule has 0 bridgehead atoms. The van der Waals surface area contributed by atoms with E-state index < -0.39 is 0 Å². The van der Waals surface area contributed by atoms with Gasteiger partial charge in [0.15, 0.2) is 6.04 Å². The number of benzene rings is 1. The second-order valence-corrected chi connectivity index (χ2v) is 7.79. The summed E-state index contributed by atoms with van der Waals surface area (Å²) in [6, 6.07) is 8.18. The van der Waals surface area contributed by atoms with Gasteiger partial charge in [0.25, 0.3) is 0 Å². The molecular formula is C19H28N5O+. The van der Waals surface area contributed by atoms with Crippen molar-refractivity contribution >= 4 is 0 Å². The van der Waals surface area contributed by atoms with E-state index in [0.29, 0.717) is 11.8 Å². The molecule has 1 aliphatic carbocycles. The average molecular weight is 342 g/mol. The highest BCUT2D eigenvalue weighted by Crippen LogP contribution is 2.31. The smallest absolute Gasteiger partial charge is 0.214 e. The molecule has 0 unspecified atom stereocenters. The molecule has 2 aliphatic rings. The van der Waals surface area contributed by atoms with Gasteiger partial charge in [0.2, 0.25) is 5.82 Å². The number of phenols is 1. The third kappa shape index (κ3) is 3.40. The number of nitrogens with zero attached hydrogens (tertiary/aromatic N) is 4. The molecule has 0 spiro atoms. The number of nitrogens with one attached hydrogen (secondary N) is 1. The van der Waals surface area contributed by atoms with Gasteiger partial charge in [-0.3, -0.25) is 0 Å². The highest BCUT2D eigenvalue weighted by atomic mass is 16.3. The lowest BCUT2D eigenvalue weighted by atomic mass is 9.95. The van der Waals surface area contributed by atoms with Gasteiger partial charge >= 0.3 is 0 Å². The number of aromatic nitrogens is 4. The first-order valence-electron chi connectivity index (χ1n) is 9.63. The first kappa shape index (κ1) is 16.5. The Bertz CT molecular complexity index is 684. The molecule has 1 saturated heterocycles. The largest absolute Gasteiger partial charge is 0.508 e. The van der Waals surface area contributed by atoms with E-state index in [0.717, 1.165) is 24.8 Å². The summed E-state index contributed by atoms with van der Waals surface area (Å²) < 4.78 is 2.09. The predicted molar refractivity (Wildman–Crippen MR) is 94.4 cm³/mol. The number of likely N-dealkylation sites (tertiary alicyclic amines) is 1. The van der Waals surface area contributed by atoms with Crippen molar-refractivity contribution in [3.05, 3.63) is 35.7 Å². The molecular weight excluding hydrogens is 314 g/mol. The van der Waals surface area contributed by atoms with Crippen LogP contribution >= 0.6 is 0 Å². The first-order chi connectivity index (χ1) is 12.2. The fraction of sp³-hybridized carbons (Fsp3) is 0.632. The summed E-state index contributed by atoms with van der Waals surface area (Å²) >= 11 is 0. The maximum Gasteiger partial charge on any atom is 0.214 e. The normalized spacial score (nSPS) is 26.0. The molecule has 0 amide bonds. The SMILES string of the molecule is CC1CC[NH+]([C@H](c2ccc(O)cc2)c2nnnn2C2CCCC2)CC1. The lowest BCUT2D eigenvalue weighted by Crippen LogP contribution is -3.13. The van der Waals surface area contributed by atoms with Crippen molar-refractivity contribution in [2.45, 2.75) is 57.5 Å². The van der Waals surface area contributed by atoms with Gasteiger partial charge in [-0.25, -0.2) is 4.68 Å². The molecule has 25 heavy (non-hydrogen) atoms. The van der Waals surface area contributed by atoms with Crippen LogP contribution < -0.4 is 4.90 Å². The molecule has 2 N–H and O–H groups in total. The van der Waals surface area contributed by atoms with Gasteiger partial charge in [-0.1, -0.05) is 19.8 Å². The van der Waals surface area contributed by atoms with Crippen LogP contribution in [0.1, 0.15) is 68.9 Å². The summed E-state index contributed by atoms with van der Waals surface area (Å²) in [5.41, 5.74) is 1.19. The Morgan fingerprint density at radius 1 is 1.08 bits per heavy atom. The van der Waals surface area contributed by atoms with Crippen molar-refractivity contribution in [3.63, 3.8) is 0 Å². The second-order valence-electron chi connectivity index (χ2n) is 7.79. The number of hydrogen-bond acceptors (Lipinski definition) is 4. The lowest BCUT2D eigenvalue weighted by molar-refractivity contribution is -0.932. The number of tetrazole rings is 1. The number of piperidine rings is 1. The van der Waals surface area contributed by atoms with Crippen LogP contribution in [0.2, 0.25) is 0 Å². The molecule has 6 nitrogen and oxygen atoms in total. The molecule has 1 aromatic heterocycles. The monoisotopic (exact) mass is 342 g/mol. The van der Waals surface area contributed by atoms with E-state index in [4.69, 9.17) is 0 Å². The lowest BCUT2D eigenvalue weighted by Gasteiger charge is -2.33. The summed E-state index contributed by atoms with van der Waals surface area (Å²) in [6.45, 7) is 4.63. The minimum atomic E-state index is 0.142. The molecule has 4 rings (SSSR count). The van der Waals surface area contributed by atoms with Crippen LogP contribution in [0.3, 0.4) is 0 Å². The Hall–Kier alpha value is -1.95. The molecule has 2 aromatic rings. The van der Waals surface area contributed by atoms with Gasteiger partial charge < -0.3 is 10.0 Å². The molecule has 2 heterocycles. The molecule has 6 heteroatoms. The molecule has 1 saturated carbocycles. The van der Waals surface area contributed by atoms with Gasteiger partial charge in [-0.05, 0) is 66.3 Å². The topological polar surface area (TPSA) is 68.3 Å². The second kappa shape index (κ2) is 7.12. The summed E-state index contributed by atoms with van der Waals surface area (Å²) in [6.07, 6.45) is 7.37.